The lowest BCUT2D eigenvalue weighted by atomic mass is 10.0. The number of hydrogen-bond acceptors (Lipinski definition) is 1. The molecule has 1 aromatic rings. The first-order valence-electron chi connectivity index (χ1n) is 5.18. The minimum absolute atomic E-state index is 0.208. The van der Waals surface area contributed by atoms with Crippen LogP contribution in [0.5, 0.6) is 0 Å². The van der Waals surface area contributed by atoms with Crippen LogP contribution in [0.25, 0.3) is 0 Å². The molecule has 2 unspecified atom stereocenters. The summed E-state index contributed by atoms with van der Waals surface area (Å²) in [5.41, 5.74) is 1.14. The summed E-state index contributed by atoms with van der Waals surface area (Å²) in [4.78, 5) is 0. The van der Waals surface area contributed by atoms with Crippen molar-refractivity contribution in [1.29, 1.82) is 0 Å². The van der Waals surface area contributed by atoms with E-state index in [2.05, 4.69) is 31.9 Å². The van der Waals surface area contributed by atoms with E-state index in [1.54, 1.807) is 0 Å². The third kappa shape index (κ3) is 3.02. The first-order chi connectivity index (χ1) is 6.50. The normalized spacial score (nSPS) is 15.9. The van der Waals surface area contributed by atoms with Crippen molar-refractivity contribution < 1.29 is 0 Å². The summed E-state index contributed by atoms with van der Waals surface area (Å²) < 4.78 is 1.99. The van der Waals surface area contributed by atoms with Crippen LogP contribution in [-0.4, -0.2) is 15.2 Å². The third-order valence-corrected chi connectivity index (χ3v) is 2.94. The second-order valence-corrected chi connectivity index (χ2v) is 4.93. The summed E-state index contributed by atoms with van der Waals surface area (Å²) in [5, 5.41) is 4.70. The molecule has 0 radical (unpaired) electrons. The molecule has 3 heteroatoms. The Kier molecular flexibility index (Phi) is 3.99. The van der Waals surface area contributed by atoms with Gasteiger partial charge in [-0.2, -0.15) is 5.10 Å². The van der Waals surface area contributed by atoms with Crippen molar-refractivity contribution in [1.82, 2.24) is 9.78 Å². The molecule has 0 bridgehead atoms. The molecule has 2 atom stereocenters. The highest BCUT2D eigenvalue weighted by molar-refractivity contribution is 6.20. The van der Waals surface area contributed by atoms with Gasteiger partial charge in [0.25, 0.3) is 0 Å². The summed E-state index contributed by atoms with van der Waals surface area (Å²) >= 11 is 6.01. The molecule has 0 saturated carbocycles. The van der Waals surface area contributed by atoms with Gasteiger partial charge >= 0.3 is 0 Å². The van der Waals surface area contributed by atoms with Gasteiger partial charge in [0, 0.05) is 17.6 Å². The number of alkyl halides is 1. The number of hydrogen-bond donors (Lipinski definition) is 0. The molecular formula is C11H19ClN2. The van der Waals surface area contributed by atoms with Crippen LogP contribution < -0.4 is 0 Å². The smallest absolute Gasteiger partial charge is 0.0627 e. The van der Waals surface area contributed by atoms with E-state index < -0.39 is 0 Å². The quantitative estimate of drug-likeness (QED) is 0.704. The number of rotatable bonds is 4. The van der Waals surface area contributed by atoms with E-state index >= 15 is 0 Å². The van der Waals surface area contributed by atoms with Gasteiger partial charge in [-0.25, -0.2) is 0 Å². The molecule has 0 spiro atoms. The zero-order valence-corrected chi connectivity index (χ0v) is 10.1. The molecule has 0 aliphatic carbocycles. The first-order valence-corrected chi connectivity index (χ1v) is 5.62. The monoisotopic (exact) mass is 214 g/mol. The van der Waals surface area contributed by atoms with Crippen LogP contribution >= 0.6 is 11.6 Å². The van der Waals surface area contributed by atoms with E-state index in [4.69, 9.17) is 11.6 Å². The number of nitrogens with zero attached hydrogens (tertiary/aromatic N) is 2. The van der Waals surface area contributed by atoms with Crippen molar-refractivity contribution in [2.24, 2.45) is 5.92 Å². The average molecular weight is 215 g/mol. The van der Waals surface area contributed by atoms with Gasteiger partial charge in [-0.1, -0.05) is 6.92 Å². The van der Waals surface area contributed by atoms with Gasteiger partial charge in [0.05, 0.1) is 5.69 Å². The van der Waals surface area contributed by atoms with Crippen molar-refractivity contribution in [3.63, 3.8) is 0 Å². The van der Waals surface area contributed by atoms with Gasteiger partial charge in [-0.05, 0) is 39.2 Å². The largest absolute Gasteiger partial charge is 0.270 e. The van der Waals surface area contributed by atoms with Gasteiger partial charge in [0.2, 0.25) is 0 Å². The van der Waals surface area contributed by atoms with E-state index in [0.29, 0.717) is 12.0 Å². The van der Waals surface area contributed by atoms with Gasteiger partial charge < -0.3 is 0 Å². The van der Waals surface area contributed by atoms with E-state index in [1.807, 2.05) is 17.8 Å². The molecule has 2 nitrogen and oxygen atoms in total. The van der Waals surface area contributed by atoms with Gasteiger partial charge in [-0.3, -0.25) is 4.68 Å². The first kappa shape index (κ1) is 11.6. The molecule has 0 aliphatic heterocycles. The van der Waals surface area contributed by atoms with Crippen LogP contribution in [0.2, 0.25) is 0 Å². The molecule has 1 rings (SSSR count). The molecule has 14 heavy (non-hydrogen) atoms. The highest BCUT2D eigenvalue weighted by atomic mass is 35.5. The van der Waals surface area contributed by atoms with Crippen LogP contribution in [0.3, 0.4) is 0 Å². The fraction of sp³-hybridized carbons (Fsp3) is 0.727. The molecule has 1 heterocycles. The highest BCUT2D eigenvalue weighted by Gasteiger charge is 2.11. The lowest BCUT2D eigenvalue weighted by Crippen LogP contribution is -2.11. The molecule has 0 N–H and O–H groups in total. The minimum atomic E-state index is 0.208. The fourth-order valence-corrected chi connectivity index (χ4v) is 1.36. The second kappa shape index (κ2) is 4.83. The molecule has 80 valence electrons. The number of aromatic nitrogens is 2. The number of halogens is 1. The Labute approximate surface area is 91.3 Å². The summed E-state index contributed by atoms with van der Waals surface area (Å²) in [7, 11) is 0. The minimum Gasteiger partial charge on any atom is -0.270 e. The maximum Gasteiger partial charge on any atom is 0.0627 e. The summed E-state index contributed by atoms with van der Waals surface area (Å²) in [6.07, 6.45) is 3.00. The molecule has 0 fully saturated rings. The molecule has 0 saturated heterocycles. The molecule has 0 amide bonds. The van der Waals surface area contributed by atoms with E-state index in [0.717, 1.165) is 12.1 Å². The zero-order valence-electron chi connectivity index (χ0n) is 9.37. The predicted octanol–water partition coefficient (Wildman–Crippen LogP) is 3.27. The molecular weight excluding hydrogens is 196 g/mol. The lowest BCUT2D eigenvalue weighted by molar-refractivity contribution is 0.508. The van der Waals surface area contributed by atoms with Crippen molar-refractivity contribution in [3.8, 4) is 0 Å². The predicted molar refractivity (Wildman–Crippen MR) is 60.8 cm³/mol. The third-order valence-electron chi connectivity index (χ3n) is 2.51. The van der Waals surface area contributed by atoms with E-state index in [1.165, 1.54) is 0 Å². The Hall–Kier alpha value is -0.500. The van der Waals surface area contributed by atoms with Crippen LogP contribution in [0, 0.1) is 5.92 Å². The van der Waals surface area contributed by atoms with Crippen molar-refractivity contribution >= 4 is 11.6 Å². The summed E-state index contributed by atoms with van der Waals surface area (Å²) in [6.45, 7) is 8.45. The summed E-state index contributed by atoms with van der Waals surface area (Å²) in [6, 6.07) is 2.52. The lowest BCUT2D eigenvalue weighted by Gasteiger charge is -2.11. The fourth-order valence-electron chi connectivity index (χ4n) is 1.27. The average Bonchev–Trinajstić information content (AvgIpc) is 2.52. The Morgan fingerprint density at radius 3 is 2.43 bits per heavy atom. The van der Waals surface area contributed by atoms with E-state index in [-0.39, 0.29) is 5.38 Å². The van der Waals surface area contributed by atoms with Crippen LogP contribution in [-0.2, 0) is 6.42 Å². The van der Waals surface area contributed by atoms with Crippen LogP contribution in [0.1, 0.15) is 39.4 Å². The maximum absolute atomic E-state index is 6.01. The molecule has 0 aliphatic rings. The van der Waals surface area contributed by atoms with Crippen molar-refractivity contribution in [2.75, 3.05) is 0 Å². The van der Waals surface area contributed by atoms with Gasteiger partial charge in [-0.15, -0.1) is 11.6 Å². The molecule has 1 aromatic heterocycles. The van der Waals surface area contributed by atoms with Crippen LogP contribution in [0.15, 0.2) is 12.3 Å². The Bertz CT molecular complexity index is 279. The second-order valence-electron chi connectivity index (χ2n) is 4.24. The standard InChI is InChI=1S/C11H19ClN2/c1-8(2)14-6-5-11(13-14)7-9(3)10(4)12/h5-6,8-10H,7H2,1-4H3. The summed E-state index contributed by atoms with van der Waals surface area (Å²) in [5.74, 6) is 0.479. The topological polar surface area (TPSA) is 17.8 Å². The Morgan fingerprint density at radius 2 is 2.00 bits per heavy atom. The zero-order chi connectivity index (χ0) is 10.7. The van der Waals surface area contributed by atoms with Gasteiger partial charge in [0.1, 0.15) is 0 Å². The highest BCUT2D eigenvalue weighted by Crippen LogP contribution is 2.15. The Morgan fingerprint density at radius 1 is 1.36 bits per heavy atom. The van der Waals surface area contributed by atoms with Crippen molar-refractivity contribution in [3.05, 3.63) is 18.0 Å². The molecule has 0 aromatic carbocycles. The SMILES string of the molecule is CC(Cl)C(C)Cc1ccn(C(C)C)n1. The van der Waals surface area contributed by atoms with Gasteiger partial charge in [0.15, 0.2) is 0 Å². The Balaban J connectivity index is 2.60. The maximum atomic E-state index is 6.01. The van der Waals surface area contributed by atoms with E-state index in [9.17, 15) is 0 Å². The van der Waals surface area contributed by atoms with Crippen LogP contribution in [0.4, 0.5) is 0 Å². The van der Waals surface area contributed by atoms with Crippen molar-refractivity contribution in [2.45, 2.75) is 45.5 Å².